The Morgan fingerprint density at radius 2 is 2.14 bits per heavy atom. The van der Waals surface area contributed by atoms with Crippen molar-refractivity contribution in [2.24, 2.45) is 0 Å². The molecule has 0 bridgehead atoms. The average molecular weight is 288 g/mol. The lowest BCUT2D eigenvalue weighted by atomic mass is 10.0. The second-order valence-electron chi connectivity index (χ2n) is 5.16. The highest BCUT2D eigenvalue weighted by atomic mass is 16.6. The minimum atomic E-state index is -0.359. The van der Waals surface area contributed by atoms with Gasteiger partial charge >= 0.3 is 0 Å². The van der Waals surface area contributed by atoms with Crippen molar-refractivity contribution in [1.82, 2.24) is 5.32 Å². The van der Waals surface area contributed by atoms with Crippen LogP contribution in [0.2, 0.25) is 0 Å². The molecule has 0 saturated carbocycles. The highest BCUT2D eigenvalue weighted by Crippen LogP contribution is 2.22. The number of rotatable bonds is 7. The number of hydrogen-bond acceptors (Lipinski definition) is 4. The minimum absolute atomic E-state index is 0.0925. The van der Waals surface area contributed by atoms with Crippen LogP contribution >= 0.6 is 0 Å². The van der Waals surface area contributed by atoms with E-state index < -0.39 is 0 Å². The normalized spacial score (nSPS) is 13.8. The zero-order valence-electron chi connectivity index (χ0n) is 12.3. The summed E-state index contributed by atoms with van der Waals surface area (Å²) in [6.07, 6.45) is 3.32. The molecule has 0 fully saturated rings. The van der Waals surface area contributed by atoms with Gasteiger partial charge in [-0.05, 0) is 31.0 Å². The Kier molecular flexibility index (Phi) is 5.11. The van der Waals surface area contributed by atoms with Gasteiger partial charge < -0.3 is 9.73 Å². The first-order valence-corrected chi connectivity index (χ1v) is 7.13. The van der Waals surface area contributed by atoms with Gasteiger partial charge in [0.15, 0.2) is 0 Å². The van der Waals surface area contributed by atoms with E-state index in [-0.39, 0.29) is 22.7 Å². The van der Waals surface area contributed by atoms with Crippen molar-refractivity contribution in [3.05, 3.63) is 64.1 Å². The molecule has 1 aromatic carbocycles. The smallest absolute Gasteiger partial charge is 0.269 e. The number of furan rings is 1. The summed E-state index contributed by atoms with van der Waals surface area (Å²) in [7, 11) is 0. The van der Waals surface area contributed by atoms with E-state index in [0.29, 0.717) is 0 Å². The summed E-state index contributed by atoms with van der Waals surface area (Å²) in [6.45, 7) is 4.15. The highest BCUT2D eigenvalue weighted by Gasteiger charge is 2.16. The molecule has 112 valence electrons. The summed E-state index contributed by atoms with van der Waals surface area (Å²) in [5, 5.41) is 14.4. The zero-order valence-corrected chi connectivity index (χ0v) is 12.3. The first-order chi connectivity index (χ1) is 10.1. The molecule has 2 aromatic rings. The van der Waals surface area contributed by atoms with Gasteiger partial charge in [-0.25, -0.2) is 0 Å². The van der Waals surface area contributed by atoms with Crippen LogP contribution in [0.5, 0.6) is 0 Å². The Morgan fingerprint density at radius 3 is 2.76 bits per heavy atom. The van der Waals surface area contributed by atoms with Gasteiger partial charge in [-0.3, -0.25) is 10.1 Å². The summed E-state index contributed by atoms with van der Waals surface area (Å²) in [5.41, 5.74) is 1.07. The summed E-state index contributed by atoms with van der Waals surface area (Å²) < 4.78 is 5.35. The Morgan fingerprint density at radius 1 is 1.33 bits per heavy atom. The molecule has 5 nitrogen and oxygen atoms in total. The maximum absolute atomic E-state index is 10.9. The molecule has 0 saturated heterocycles. The fraction of sp³-hybridized carbons (Fsp3) is 0.375. The molecule has 0 aliphatic heterocycles. The molecule has 2 atom stereocenters. The fourth-order valence-corrected chi connectivity index (χ4v) is 2.44. The third-order valence-corrected chi connectivity index (χ3v) is 3.46. The van der Waals surface area contributed by atoms with Crippen LogP contribution in [0.15, 0.2) is 47.1 Å². The topological polar surface area (TPSA) is 68.3 Å². The Labute approximate surface area is 124 Å². The predicted octanol–water partition coefficient (Wildman–Crippen LogP) is 3.86. The molecule has 0 aliphatic carbocycles. The molecule has 1 aromatic heterocycles. The molecule has 1 heterocycles. The number of nitrogens with one attached hydrogen (secondary N) is 1. The number of non-ortho nitro benzene ring substituents is 1. The molecular weight excluding hydrogens is 268 g/mol. The van der Waals surface area contributed by atoms with E-state index in [1.54, 1.807) is 18.4 Å². The molecule has 0 amide bonds. The molecular formula is C16H20N2O3. The second-order valence-corrected chi connectivity index (χ2v) is 5.16. The van der Waals surface area contributed by atoms with Crippen LogP contribution in [0.4, 0.5) is 5.69 Å². The molecule has 21 heavy (non-hydrogen) atoms. The molecule has 2 unspecified atom stereocenters. The monoisotopic (exact) mass is 288 g/mol. The Balaban J connectivity index is 2.05. The Bertz CT molecular complexity index is 581. The number of benzene rings is 1. The van der Waals surface area contributed by atoms with Crippen LogP contribution in [-0.2, 0) is 6.42 Å². The van der Waals surface area contributed by atoms with E-state index in [4.69, 9.17) is 4.42 Å². The number of nitro benzene ring substituents is 1. The van der Waals surface area contributed by atoms with Crippen LogP contribution < -0.4 is 5.32 Å². The second kappa shape index (κ2) is 7.04. The summed E-state index contributed by atoms with van der Waals surface area (Å²) in [5.74, 6) is 0.934. The maximum atomic E-state index is 10.9. The number of nitro groups is 1. The lowest BCUT2D eigenvalue weighted by Crippen LogP contribution is -2.31. The molecule has 1 N–H and O–H groups in total. The van der Waals surface area contributed by atoms with Crippen molar-refractivity contribution < 1.29 is 9.34 Å². The van der Waals surface area contributed by atoms with Crippen LogP contribution in [0.25, 0.3) is 0 Å². The van der Waals surface area contributed by atoms with E-state index in [1.807, 2.05) is 18.2 Å². The van der Waals surface area contributed by atoms with Gasteiger partial charge in [-0.1, -0.05) is 19.1 Å². The van der Waals surface area contributed by atoms with E-state index in [1.165, 1.54) is 6.07 Å². The lowest BCUT2D eigenvalue weighted by Gasteiger charge is -2.22. The van der Waals surface area contributed by atoms with Crippen molar-refractivity contribution in [2.45, 2.75) is 38.8 Å². The van der Waals surface area contributed by atoms with Gasteiger partial charge in [-0.2, -0.15) is 0 Å². The summed E-state index contributed by atoms with van der Waals surface area (Å²) in [4.78, 5) is 10.5. The van der Waals surface area contributed by atoms with Crippen LogP contribution in [0.3, 0.4) is 0 Å². The predicted molar refractivity (Wildman–Crippen MR) is 81.1 cm³/mol. The maximum Gasteiger partial charge on any atom is 0.269 e. The van der Waals surface area contributed by atoms with Gasteiger partial charge in [0.05, 0.1) is 11.2 Å². The van der Waals surface area contributed by atoms with Crippen molar-refractivity contribution in [3.8, 4) is 0 Å². The first kappa shape index (κ1) is 15.3. The first-order valence-electron chi connectivity index (χ1n) is 7.13. The highest BCUT2D eigenvalue weighted by molar-refractivity contribution is 5.35. The van der Waals surface area contributed by atoms with Crippen LogP contribution in [-0.4, -0.2) is 11.0 Å². The van der Waals surface area contributed by atoms with Gasteiger partial charge in [0, 0.05) is 30.6 Å². The molecule has 5 heteroatoms. The molecule has 0 aliphatic rings. The summed E-state index contributed by atoms with van der Waals surface area (Å²) >= 11 is 0. The van der Waals surface area contributed by atoms with Gasteiger partial charge in [0.1, 0.15) is 5.76 Å². The van der Waals surface area contributed by atoms with Crippen molar-refractivity contribution in [3.63, 3.8) is 0 Å². The van der Waals surface area contributed by atoms with Crippen molar-refractivity contribution in [2.75, 3.05) is 0 Å². The third-order valence-electron chi connectivity index (χ3n) is 3.46. The minimum Gasteiger partial charge on any atom is -0.469 e. The SMILES string of the molecule is CCC(NC(C)Cc1ccco1)c1cccc([N+](=O)[O-])c1. The molecule has 0 spiro atoms. The van der Waals surface area contributed by atoms with Crippen LogP contribution in [0.1, 0.15) is 37.6 Å². The third kappa shape index (κ3) is 4.16. The number of hydrogen-bond donors (Lipinski definition) is 1. The largest absolute Gasteiger partial charge is 0.469 e. The standard InChI is InChI=1S/C16H20N2O3/c1-3-16(13-6-4-7-14(11-13)18(19)20)17-12(2)10-15-8-5-9-21-15/h4-9,11-12,16-17H,3,10H2,1-2H3. The molecule has 0 radical (unpaired) electrons. The van der Waals surface area contributed by atoms with E-state index in [0.717, 1.165) is 24.2 Å². The van der Waals surface area contributed by atoms with Gasteiger partial charge in [0.25, 0.3) is 5.69 Å². The van der Waals surface area contributed by atoms with E-state index in [9.17, 15) is 10.1 Å². The van der Waals surface area contributed by atoms with Gasteiger partial charge in [-0.15, -0.1) is 0 Å². The van der Waals surface area contributed by atoms with E-state index >= 15 is 0 Å². The summed E-state index contributed by atoms with van der Waals surface area (Å²) in [6, 6.07) is 11.0. The van der Waals surface area contributed by atoms with E-state index in [2.05, 4.69) is 19.2 Å². The van der Waals surface area contributed by atoms with Gasteiger partial charge in [0.2, 0.25) is 0 Å². The quantitative estimate of drug-likeness (QED) is 0.620. The average Bonchev–Trinajstić information content (AvgIpc) is 2.97. The van der Waals surface area contributed by atoms with Crippen molar-refractivity contribution >= 4 is 5.69 Å². The fourth-order valence-electron chi connectivity index (χ4n) is 2.44. The molecule has 2 rings (SSSR count). The zero-order chi connectivity index (χ0) is 15.2. The number of nitrogens with zero attached hydrogens (tertiary/aromatic N) is 1. The van der Waals surface area contributed by atoms with Crippen LogP contribution in [0, 0.1) is 10.1 Å². The van der Waals surface area contributed by atoms with Crippen molar-refractivity contribution in [1.29, 1.82) is 0 Å². The lowest BCUT2D eigenvalue weighted by molar-refractivity contribution is -0.384. The Hall–Kier alpha value is -2.14.